The topological polar surface area (TPSA) is 36.4 Å². The number of amides is 1. The van der Waals surface area contributed by atoms with E-state index in [1.807, 2.05) is 24.8 Å². The first-order valence-corrected chi connectivity index (χ1v) is 10.8. The molecule has 0 radical (unpaired) electrons. The van der Waals surface area contributed by atoms with E-state index in [4.69, 9.17) is 0 Å². The normalized spacial score (nSPS) is 36.6. The lowest BCUT2D eigenvalue weighted by Gasteiger charge is -2.57. The fourth-order valence-electron chi connectivity index (χ4n) is 5.59. The summed E-state index contributed by atoms with van der Waals surface area (Å²) in [6, 6.07) is 2.23. The molecule has 1 amide bonds. The summed E-state index contributed by atoms with van der Waals surface area (Å²) in [6.45, 7) is 7.96. The number of hydrogen-bond donors (Lipinski definition) is 0. The van der Waals surface area contributed by atoms with Crippen LogP contribution in [0.3, 0.4) is 0 Å². The Morgan fingerprint density at radius 3 is 2.63 bits per heavy atom. The van der Waals surface area contributed by atoms with Gasteiger partial charge in [-0.15, -0.1) is 0 Å². The number of pyridine rings is 1. The third kappa shape index (κ3) is 2.48. The van der Waals surface area contributed by atoms with Crippen molar-refractivity contribution in [3.63, 3.8) is 0 Å². The maximum atomic E-state index is 14.3. The summed E-state index contributed by atoms with van der Waals surface area (Å²) in [5, 5.41) is 0. The summed E-state index contributed by atoms with van der Waals surface area (Å²) >= 11 is 3.50. The van der Waals surface area contributed by atoms with Crippen molar-refractivity contribution < 1.29 is 9.18 Å². The second-order valence-corrected chi connectivity index (χ2v) is 10.8. The van der Waals surface area contributed by atoms with Gasteiger partial charge in [-0.05, 0) is 74.9 Å². The van der Waals surface area contributed by atoms with Crippen molar-refractivity contribution in [2.24, 2.45) is 5.41 Å². The van der Waals surface area contributed by atoms with Gasteiger partial charge in [0.1, 0.15) is 6.17 Å². The van der Waals surface area contributed by atoms with Crippen LogP contribution >= 0.6 is 15.9 Å². The van der Waals surface area contributed by atoms with E-state index in [0.717, 1.165) is 54.6 Å². The molecule has 4 aliphatic rings. The van der Waals surface area contributed by atoms with Gasteiger partial charge in [-0.25, -0.2) is 4.39 Å². The number of fused-ring (bicyclic) bond motifs is 1. The molecule has 2 saturated carbocycles. The Balaban J connectivity index is 1.36. The number of halogens is 2. The first kappa shape index (κ1) is 18.0. The Labute approximate surface area is 168 Å². The average Bonchev–Trinajstić information content (AvgIpc) is 3.32. The zero-order chi connectivity index (χ0) is 19.2. The molecule has 2 aliphatic heterocycles. The Kier molecular flexibility index (Phi) is 3.70. The molecule has 1 atom stereocenters. The van der Waals surface area contributed by atoms with Gasteiger partial charge >= 0.3 is 0 Å². The fraction of sp³-hybridized carbons (Fsp3) is 0.714. The first-order chi connectivity index (χ1) is 12.7. The van der Waals surface area contributed by atoms with Gasteiger partial charge in [0.25, 0.3) is 0 Å². The quantitative estimate of drug-likeness (QED) is 0.697. The van der Waals surface area contributed by atoms with Crippen LogP contribution < -0.4 is 4.90 Å². The van der Waals surface area contributed by atoms with E-state index in [-0.39, 0.29) is 22.9 Å². The number of piperidine rings is 1. The van der Waals surface area contributed by atoms with Gasteiger partial charge in [0.15, 0.2) is 0 Å². The molecule has 0 aromatic carbocycles. The van der Waals surface area contributed by atoms with Crippen molar-refractivity contribution in [3.05, 3.63) is 22.4 Å². The number of nitrogens with zero attached hydrogens (tertiary/aromatic N) is 3. The molecular weight excluding hydrogens is 409 g/mol. The molecule has 3 heterocycles. The van der Waals surface area contributed by atoms with Crippen molar-refractivity contribution >= 4 is 27.5 Å². The molecule has 1 aromatic heterocycles. The minimum Gasteiger partial charge on any atom is -0.307 e. The van der Waals surface area contributed by atoms with Crippen LogP contribution in [0.2, 0.25) is 0 Å². The van der Waals surface area contributed by atoms with E-state index in [2.05, 4.69) is 32.7 Å². The summed E-state index contributed by atoms with van der Waals surface area (Å²) in [6.07, 6.45) is 5.80. The zero-order valence-electron chi connectivity index (χ0n) is 16.3. The summed E-state index contributed by atoms with van der Waals surface area (Å²) in [5.41, 5.74) is 1.27. The third-order valence-electron chi connectivity index (χ3n) is 7.63. The lowest BCUT2D eigenvalue weighted by Crippen LogP contribution is -2.65. The number of alkyl halides is 1. The van der Waals surface area contributed by atoms with Crippen LogP contribution in [0, 0.1) is 5.41 Å². The van der Waals surface area contributed by atoms with Gasteiger partial charge in [0.2, 0.25) is 5.91 Å². The number of carbonyl (C=O) groups excluding carboxylic acids is 1. The van der Waals surface area contributed by atoms with Crippen molar-refractivity contribution in [1.82, 2.24) is 9.88 Å². The standard InChI is InChI=1S/C21H27BrFN3O/c1-19(2)17-15(8-13(22)11-24-17)26(18(19)27)14-9-20(3,10-14)25-7-4-16(23)21(12-25)5-6-21/h8,11,14,16H,4-7,9-10,12H2,1-3H3/t14-,16?,20+. The van der Waals surface area contributed by atoms with Crippen molar-refractivity contribution in [1.29, 1.82) is 0 Å². The molecule has 1 aromatic rings. The van der Waals surface area contributed by atoms with Crippen molar-refractivity contribution in [3.8, 4) is 0 Å². The van der Waals surface area contributed by atoms with E-state index in [1.165, 1.54) is 0 Å². The Morgan fingerprint density at radius 2 is 1.96 bits per heavy atom. The predicted molar refractivity (Wildman–Crippen MR) is 107 cm³/mol. The van der Waals surface area contributed by atoms with Gasteiger partial charge in [-0.2, -0.15) is 0 Å². The molecule has 3 fully saturated rings. The molecular formula is C21H27BrFN3O. The second kappa shape index (κ2) is 5.53. The van der Waals surface area contributed by atoms with E-state index >= 15 is 0 Å². The maximum absolute atomic E-state index is 14.3. The lowest BCUT2D eigenvalue weighted by atomic mass is 9.70. The Morgan fingerprint density at radius 1 is 1.26 bits per heavy atom. The van der Waals surface area contributed by atoms with E-state index in [1.54, 1.807) is 6.20 Å². The van der Waals surface area contributed by atoms with E-state index < -0.39 is 11.6 Å². The Hall–Kier alpha value is -1.01. The molecule has 6 heteroatoms. The molecule has 0 bridgehead atoms. The van der Waals surface area contributed by atoms with Gasteiger partial charge in [0.05, 0.1) is 16.8 Å². The highest BCUT2D eigenvalue weighted by atomic mass is 79.9. The minimum atomic E-state index is -0.621. The summed E-state index contributed by atoms with van der Waals surface area (Å²) in [7, 11) is 0. The van der Waals surface area contributed by atoms with Crippen LogP contribution in [-0.2, 0) is 10.2 Å². The molecule has 4 nitrogen and oxygen atoms in total. The minimum absolute atomic E-state index is 0.0564. The van der Waals surface area contributed by atoms with E-state index in [9.17, 15) is 9.18 Å². The molecule has 5 rings (SSSR count). The fourth-order valence-corrected chi connectivity index (χ4v) is 5.91. The van der Waals surface area contributed by atoms with Crippen molar-refractivity contribution in [2.45, 2.75) is 76.0 Å². The number of hydrogen-bond acceptors (Lipinski definition) is 3. The van der Waals surface area contributed by atoms with Crippen LogP contribution in [0.1, 0.15) is 58.6 Å². The zero-order valence-corrected chi connectivity index (χ0v) is 17.9. The number of anilines is 1. The molecule has 1 unspecified atom stereocenters. The second-order valence-electron chi connectivity index (χ2n) is 9.92. The molecule has 27 heavy (non-hydrogen) atoms. The summed E-state index contributed by atoms with van der Waals surface area (Å²) in [5.74, 6) is 0.149. The maximum Gasteiger partial charge on any atom is 0.239 e. The van der Waals surface area contributed by atoms with Crippen LogP contribution in [-0.4, -0.2) is 46.6 Å². The highest BCUT2D eigenvalue weighted by molar-refractivity contribution is 9.10. The SMILES string of the molecule is CC1(C)C(=O)N([C@H]2C[C@@](C)(N3CCC(F)C4(CC4)C3)C2)c2cc(Br)cnc21. The van der Waals surface area contributed by atoms with Gasteiger partial charge in [0, 0.05) is 40.8 Å². The van der Waals surface area contributed by atoms with Gasteiger partial charge in [-0.3, -0.25) is 14.7 Å². The first-order valence-electron chi connectivity index (χ1n) is 10.1. The molecule has 0 N–H and O–H groups in total. The summed E-state index contributed by atoms with van der Waals surface area (Å²) in [4.78, 5) is 22.2. The van der Waals surface area contributed by atoms with Crippen LogP contribution in [0.5, 0.6) is 0 Å². The molecule has 1 spiro atoms. The van der Waals surface area contributed by atoms with Crippen LogP contribution in [0.25, 0.3) is 0 Å². The molecule has 1 saturated heterocycles. The number of likely N-dealkylation sites (tertiary alicyclic amines) is 1. The molecule has 2 aliphatic carbocycles. The number of rotatable bonds is 2. The van der Waals surface area contributed by atoms with Crippen LogP contribution in [0.15, 0.2) is 16.7 Å². The monoisotopic (exact) mass is 435 g/mol. The van der Waals surface area contributed by atoms with Gasteiger partial charge in [-0.1, -0.05) is 0 Å². The Bertz CT molecular complexity index is 816. The largest absolute Gasteiger partial charge is 0.307 e. The third-order valence-corrected chi connectivity index (χ3v) is 8.07. The number of carbonyl (C=O) groups is 1. The highest BCUT2D eigenvalue weighted by Crippen LogP contribution is 2.57. The average molecular weight is 436 g/mol. The molecule has 146 valence electrons. The predicted octanol–water partition coefficient (Wildman–Crippen LogP) is 4.21. The number of aromatic nitrogens is 1. The summed E-state index contributed by atoms with van der Waals surface area (Å²) < 4.78 is 15.2. The lowest BCUT2D eigenvalue weighted by molar-refractivity contribution is -0.124. The van der Waals surface area contributed by atoms with E-state index in [0.29, 0.717) is 6.42 Å². The van der Waals surface area contributed by atoms with Gasteiger partial charge < -0.3 is 4.90 Å². The van der Waals surface area contributed by atoms with Crippen LogP contribution in [0.4, 0.5) is 10.1 Å². The van der Waals surface area contributed by atoms with Crippen molar-refractivity contribution in [2.75, 3.05) is 18.0 Å². The highest BCUT2D eigenvalue weighted by Gasteiger charge is 2.59. The smallest absolute Gasteiger partial charge is 0.239 e.